The topological polar surface area (TPSA) is 29.1 Å². The van der Waals surface area contributed by atoms with Gasteiger partial charge in [-0.25, -0.2) is 0 Å². The second kappa shape index (κ2) is 7.15. The monoisotopic (exact) mass is 285 g/mol. The number of benzene rings is 2. The smallest absolute Gasteiger partial charge is 0.230 e. The number of thioether (sulfide) groups is 1. The Morgan fingerprint density at radius 1 is 1.10 bits per heavy atom. The van der Waals surface area contributed by atoms with Crippen molar-refractivity contribution in [3.63, 3.8) is 0 Å². The highest BCUT2D eigenvalue weighted by molar-refractivity contribution is 8.00. The van der Waals surface area contributed by atoms with Gasteiger partial charge < -0.3 is 5.32 Å². The average Bonchev–Trinajstić information content (AvgIpc) is 2.47. The number of nitrogens with one attached hydrogen (secondary N) is 1. The van der Waals surface area contributed by atoms with Gasteiger partial charge in [0.1, 0.15) is 0 Å². The van der Waals surface area contributed by atoms with Crippen molar-refractivity contribution in [3.05, 3.63) is 65.7 Å². The first-order chi connectivity index (χ1) is 9.65. The van der Waals surface area contributed by atoms with E-state index in [1.54, 1.807) is 11.8 Å². The summed E-state index contributed by atoms with van der Waals surface area (Å²) in [7, 11) is 0. The standard InChI is InChI=1S/C17H19NOS/c1-13-8-10-16(11-9-13)20-12-17(19)18-14(2)15-6-4-3-5-7-15/h3-11,14H,12H2,1-2H3,(H,18,19)/t14-/m1/s1. The Balaban J connectivity index is 1.82. The molecule has 0 heterocycles. The van der Waals surface area contributed by atoms with E-state index in [-0.39, 0.29) is 11.9 Å². The summed E-state index contributed by atoms with van der Waals surface area (Å²) in [4.78, 5) is 13.1. The van der Waals surface area contributed by atoms with E-state index in [0.717, 1.165) is 10.5 Å². The third kappa shape index (κ3) is 4.42. The van der Waals surface area contributed by atoms with Gasteiger partial charge in [0, 0.05) is 4.90 Å². The molecule has 3 heteroatoms. The lowest BCUT2D eigenvalue weighted by Gasteiger charge is -2.14. The summed E-state index contributed by atoms with van der Waals surface area (Å²) < 4.78 is 0. The average molecular weight is 285 g/mol. The summed E-state index contributed by atoms with van der Waals surface area (Å²) in [5.41, 5.74) is 2.36. The van der Waals surface area contributed by atoms with Crippen LogP contribution in [0.25, 0.3) is 0 Å². The Morgan fingerprint density at radius 3 is 2.40 bits per heavy atom. The van der Waals surface area contributed by atoms with Gasteiger partial charge in [-0.05, 0) is 31.5 Å². The van der Waals surface area contributed by atoms with E-state index < -0.39 is 0 Å². The first kappa shape index (κ1) is 14.7. The molecule has 0 radical (unpaired) electrons. The van der Waals surface area contributed by atoms with Gasteiger partial charge in [-0.15, -0.1) is 11.8 Å². The Hall–Kier alpha value is -1.74. The van der Waals surface area contributed by atoms with Crippen molar-refractivity contribution in [2.45, 2.75) is 24.8 Å². The number of carbonyl (C=O) groups is 1. The molecule has 0 spiro atoms. The number of carbonyl (C=O) groups excluding carboxylic acids is 1. The summed E-state index contributed by atoms with van der Waals surface area (Å²) in [6.07, 6.45) is 0. The highest BCUT2D eigenvalue weighted by atomic mass is 32.2. The van der Waals surface area contributed by atoms with E-state index in [1.165, 1.54) is 5.56 Å². The van der Waals surface area contributed by atoms with Gasteiger partial charge in [0.2, 0.25) is 5.91 Å². The fourth-order valence-electron chi connectivity index (χ4n) is 1.89. The van der Waals surface area contributed by atoms with Crippen molar-refractivity contribution in [2.24, 2.45) is 0 Å². The molecule has 1 amide bonds. The third-order valence-corrected chi connectivity index (χ3v) is 4.08. The van der Waals surface area contributed by atoms with Gasteiger partial charge in [-0.2, -0.15) is 0 Å². The van der Waals surface area contributed by atoms with Crippen molar-refractivity contribution >= 4 is 17.7 Å². The number of aryl methyl sites for hydroxylation is 1. The highest BCUT2D eigenvalue weighted by Gasteiger charge is 2.09. The molecular formula is C17H19NOS. The van der Waals surface area contributed by atoms with Crippen molar-refractivity contribution in [1.82, 2.24) is 5.32 Å². The van der Waals surface area contributed by atoms with Crippen molar-refractivity contribution in [1.29, 1.82) is 0 Å². The molecule has 0 aliphatic heterocycles. The molecule has 0 saturated heterocycles. The van der Waals surface area contributed by atoms with E-state index in [9.17, 15) is 4.79 Å². The minimum atomic E-state index is 0.0438. The van der Waals surface area contributed by atoms with Crippen LogP contribution in [0.5, 0.6) is 0 Å². The zero-order valence-electron chi connectivity index (χ0n) is 11.8. The number of hydrogen-bond donors (Lipinski definition) is 1. The van der Waals surface area contributed by atoms with Gasteiger partial charge >= 0.3 is 0 Å². The summed E-state index contributed by atoms with van der Waals surface area (Å²) >= 11 is 1.56. The predicted octanol–water partition coefficient (Wildman–Crippen LogP) is 3.96. The van der Waals surface area contributed by atoms with Crippen LogP contribution in [0.1, 0.15) is 24.1 Å². The molecule has 1 atom stereocenters. The zero-order chi connectivity index (χ0) is 14.4. The molecule has 0 saturated carbocycles. The molecule has 2 nitrogen and oxygen atoms in total. The molecule has 0 aliphatic carbocycles. The maximum Gasteiger partial charge on any atom is 0.230 e. The highest BCUT2D eigenvalue weighted by Crippen LogP contribution is 2.18. The van der Waals surface area contributed by atoms with E-state index in [1.807, 2.05) is 49.4 Å². The molecule has 104 valence electrons. The fraction of sp³-hybridized carbons (Fsp3) is 0.235. The summed E-state index contributed by atoms with van der Waals surface area (Å²) in [5.74, 6) is 0.507. The maximum absolute atomic E-state index is 11.9. The molecule has 20 heavy (non-hydrogen) atoms. The third-order valence-electron chi connectivity index (χ3n) is 3.07. The van der Waals surface area contributed by atoms with Crippen LogP contribution in [-0.2, 0) is 4.79 Å². The van der Waals surface area contributed by atoms with Crippen LogP contribution in [0.15, 0.2) is 59.5 Å². The molecule has 2 aromatic carbocycles. The maximum atomic E-state index is 11.9. The number of rotatable bonds is 5. The Bertz CT molecular complexity index is 551. The van der Waals surface area contributed by atoms with Crippen LogP contribution in [0.4, 0.5) is 0 Å². The van der Waals surface area contributed by atoms with E-state index in [4.69, 9.17) is 0 Å². The Labute approximate surface area is 124 Å². The van der Waals surface area contributed by atoms with Crippen LogP contribution >= 0.6 is 11.8 Å². The summed E-state index contributed by atoms with van der Waals surface area (Å²) in [5, 5.41) is 3.02. The zero-order valence-corrected chi connectivity index (χ0v) is 12.6. The predicted molar refractivity (Wildman–Crippen MR) is 84.9 cm³/mol. The van der Waals surface area contributed by atoms with Crippen LogP contribution < -0.4 is 5.32 Å². The van der Waals surface area contributed by atoms with Gasteiger partial charge in [0.15, 0.2) is 0 Å². The fourth-order valence-corrected chi connectivity index (χ4v) is 2.60. The molecule has 0 unspecified atom stereocenters. The molecule has 0 fully saturated rings. The lowest BCUT2D eigenvalue weighted by Crippen LogP contribution is -2.28. The molecule has 0 bridgehead atoms. The molecular weight excluding hydrogens is 266 g/mol. The van der Waals surface area contributed by atoms with E-state index in [2.05, 4.69) is 24.4 Å². The van der Waals surface area contributed by atoms with Gasteiger partial charge in [-0.3, -0.25) is 4.79 Å². The normalized spacial score (nSPS) is 11.9. The van der Waals surface area contributed by atoms with Gasteiger partial charge in [0.05, 0.1) is 11.8 Å². The van der Waals surface area contributed by atoms with Crippen LogP contribution in [0, 0.1) is 6.92 Å². The lowest BCUT2D eigenvalue weighted by molar-refractivity contribution is -0.119. The van der Waals surface area contributed by atoms with E-state index in [0.29, 0.717) is 5.75 Å². The molecule has 0 aromatic heterocycles. The minimum Gasteiger partial charge on any atom is -0.349 e. The van der Waals surface area contributed by atoms with Crippen LogP contribution in [-0.4, -0.2) is 11.7 Å². The largest absolute Gasteiger partial charge is 0.349 e. The van der Waals surface area contributed by atoms with Crippen molar-refractivity contribution in [2.75, 3.05) is 5.75 Å². The summed E-state index contributed by atoms with van der Waals surface area (Å²) in [6, 6.07) is 18.3. The SMILES string of the molecule is Cc1ccc(SCC(=O)N[C@H](C)c2ccccc2)cc1. The molecule has 2 rings (SSSR count). The Morgan fingerprint density at radius 2 is 1.75 bits per heavy atom. The lowest BCUT2D eigenvalue weighted by atomic mass is 10.1. The minimum absolute atomic E-state index is 0.0438. The second-order valence-electron chi connectivity index (χ2n) is 4.80. The van der Waals surface area contributed by atoms with Gasteiger partial charge in [-0.1, -0.05) is 48.0 Å². The van der Waals surface area contributed by atoms with Crippen LogP contribution in [0.2, 0.25) is 0 Å². The first-order valence-corrected chi connectivity index (χ1v) is 7.67. The van der Waals surface area contributed by atoms with E-state index >= 15 is 0 Å². The quantitative estimate of drug-likeness (QED) is 0.842. The second-order valence-corrected chi connectivity index (χ2v) is 5.85. The molecule has 0 aliphatic rings. The first-order valence-electron chi connectivity index (χ1n) is 6.69. The summed E-state index contributed by atoms with van der Waals surface area (Å²) in [6.45, 7) is 4.06. The van der Waals surface area contributed by atoms with Gasteiger partial charge in [0.25, 0.3) is 0 Å². The van der Waals surface area contributed by atoms with Crippen molar-refractivity contribution < 1.29 is 4.79 Å². The number of hydrogen-bond acceptors (Lipinski definition) is 2. The van der Waals surface area contributed by atoms with Crippen LogP contribution in [0.3, 0.4) is 0 Å². The van der Waals surface area contributed by atoms with Crippen molar-refractivity contribution in [3.8, 4) is 0 Å². The number of amides is 1. The molecule has 1 N–H and O–H groups in total. The molecule has 2 aromatic rings. The Kier molecular flexibility index (Phi) is 5.24.